The smallest absolute Gasteiger partial charge is 0.348 e. The number of Topliss-reactive ketones (excluding diaryl/α,β-unsaturated/α-hetero) is 1. The van der Waals surface area contributed by atoms with Crippen molar-refractivity contribution < 1.29 is 38.4 Å². The van der Waals surface area contributed by atoms with Crippen LogP contribution in [0.2, 0.25) is 0 Å². The molecule has 0 amide bonds. The summed E-state index contributed by atoms with van der Waals surface area (Å²) in [6, 6.07) is 3.51. The van der Waals surface area contributed by atoms with E-state index in [0.29, 0.717) is 29.9 Å². The summed E-state index contributed by atoms with van der Waals surface area (Å²) >= 11 is 0. The number of nitrogens with zero attached hydrogens (tertiary/aromatic N) is 1. The Morgan fingerprint density at radius 3 is 2.29 bits per heavy atom. The second-order valence-electron chi connectivity index (χ2n) is 7.57. The average molecular weight is 431 g/mol. The molecule has 0 aromatic heterocycles. The average Bonchev–Trinajstić information content (AvgIpc) is 2.99. The first-order chi connectivity index (χ1) is 14.8. The van der Waals surface area contributed by atoms with E-state index in [0.717, 1.165) is 23.7 Å². The van der Waals surface area contributed by atoms with Crippen molar-refractivity contribution in [3.8, 4) is 11.5 Å². The number of benzene rings is 2. The van der Waals surface area contributed by atoms with Crippen LogP contribution in [0.15, 0.2) is 12.1 Å². The van der Waals surface area contributed by atoms with Crippen LogP contribution in [0.4, 0.5) is 5.69 Å². The van der Waals surface area contributed by atoms with E-state index < -0.39 is 23.1 Å². The van der Waals surface area contributed by atoms with E-state index in [1.807, 2.05) is 18.0 Å². The number of fused-ring (bicyclic) bond motifs is 2. The molecule has 2 aliphatic rings. The fourth-order valence-corrected chi connectivity index (χ4v) is 4.88. The van der Waals surface area contributed by atoms with Gasteiger partial charge in [-0.3, -0.25) is 4.79 Å². The van der Waals surface area contributed by atoms with Gasteiger partial charge in [-0.25, -0.2) is 4.79 Å². The van der Waals surface area contributed by atoms with Gasteiger partial charge >= 0.3 is 5.97 Å². The number of hydrogen-bond donors (Lipinski definition) is 1. The summed E-state index contributed by atoms with van der Waals surface area (Å²) in [6.45, 7) is 0.695. The van der Waals surface area contributed by atoms with Gasteiger partial charge < -0.3 is 33.7 Å². The summed E-state index contributed by atoms with van der Waals surface area (Å²) in [5.74, 6) is -3.35. The van der Waals surface area contributed by atoms with E-state index in [4.69, 9.17) is 23.7 Å². The molecule has 0 radical (unpaired) electrons. The van der Waals surface area contributed by atoms with Gasteiger partial charge in [-0.15, -0.1) is 0 Å². The summed E-state index contributed by atoms with van der Waals surface area (Å²) in [7, 11) is 8.38. The van der Waals surface area contributed by atoms with Gasteiger partial charge in [0.15, 0.2) is 11.5 Å². The lowest BCUT2D eigenvalue weighted by Crippen LogP contribution is -2.59. The molecule has 166 valence electrons. The minimum absolute atomic E-state index is 0.0294. The number of anilines is 1. The van der Waals surface area contributed by atoms with Crippen molar-refractivity contribution in [2.75, 3.05) is 54.0 Å². The Kier molecular flexibility index (Phi) is 4.88. The highest BCUT2D eigenvalue weighted by Gasteiger charge is 2.71. The van der Waals surface area contributed by atoms with Crippen LogP contribution in [0.5, 0.6) is 11.5 Å². The molecular weight excluding hydrogens is 406 g/mol. The zero-order valence-electron chi connectivity index (χ0n) is 18.3. The quantitative estimate of drug-likeness (QED) is 0.556. The van der Waals surface area contributed by atoms with Crippen LogP contribution in [-0.2, 0) is 31.0 Å². The van der Waals surface area contributed by atoms with E-state index in [-0.39, 0.29) is 11.1 Å². The van der Waals surface area contributed by atoms with Gasteiger partial charge in [0.2, 0.25) is 5.78 Å². The van der Waals surface area contributed by atoms with Gasteiger partial charge in [0.05, 0.1) is 21.3 Å². The lowest BCUT2D eigenvalue weighted by atomic mass is 9.86. The molecule has 9 heteroatoms. The molecule has 4 rings (SSSR count). The molecule has 2 aromatic carbocycles. The van der Waals surface area contributed by atoms with Crippen molar-refractivity contribution in [1.29, 1.82) is 0 Å². The molecule has 1 aliphatic carbocycles. The number of carbonyl (C=O) groups excluding carboxylic acids is 2. The molecule has 0 saturated carbocycles. The lowest BCUT2D eigenvalue weighted by Gasteiger charge is -2.36. The molecule has 0 spiro atoms. The van der Waals surface area contributed by atoms with Crippen LogP contribution < -0.4 is 14.4 Å². The SMILES string of the molecule is COC(=O)[C@]1(O)c2cc3c4c(cc(OC)c(OC)c4c2C(=O)C1(OC)OC)CCN3C. The maximum absolute atomic E-state index is 13.8. The Hall–Kier alpha value is -2.88. The second-order valence-corrected chi connectivity index (χ2v) is 7.57. The zero-order chi connectivity index (χ0) is 22.7. The van der Waals surface area contributed by atoms with Gasteiger partial charge in [0.1, 0.15) is 0 Å². The predicted molar refractivity (Wildman–Crippen MR) is 111 cm³/mol. The van der Waals surface area contributed by atoms with Crippen LogP contribution in [0.25, 0.3) is 10.8 Å². The van der Waals surface area contributed by atoms with Crippen molar-refractivity contribution >= 4 is 28.2 Å². The second kappa shape index (κ2) is 7.08. The van der Waals surface area contributed by atoms with Crippen LogP contribution in [0, 0.1) is 0 Å². The van der Waals surface area contributed by atoms with E-state index in [9.17, 15) is 14.7 Å². The predicted octanol–water partition coefficient (Wildman–Crippen LogP) is 1.40. The van der Waals surface area contributed by atoms with Gasteiger partial charge in [-0.05, 0) is 24.1 Å². The fourth-order valence-electron chi connectivity index (χ4n) is 4.88. The Labute approximate surface area is 179 Å². The summed E-state index contributed by atoms with van der Waals surface area (Å²) in [4.78, 5) is 28.7. The first-order valence-corrected chi connectivity index (χ1v) is 9.69. The maximum atomic E-state index is 13.8. The zero-order valence-corrected chi connectivity index (χ0v) is 18.3. The first kappa shape index (κ1) is 21.4. The van der Waals surface area contributed by atoms with Gasteiger partial charge in [-0.2, -0.15) is 0 Å². The third-order valence-electron chi connectivity index (χ3n) is 6.38. The number of esters is 1. The van der Waals surface area contributed by atoms with Crippen molar-refractivity contribution in [1.82, 2.24) is 0 Å². The van der Waals surface area contributed by atoms with Crippen molar-refractivity contribution in [2.45, 2.75) is 17.8 Å². The van der Waals surface area contributed by atoms with Crippen LogP contribution in [0.3, 0.4) is 0 Å². The van der Waals surface area contributed by atoms with Crippen LogP contribution in [-0.4, -0.2) is 71.8 Å². The Morgan fingerprint density at radius 2 is 1.74 bits per heavy atom. The minimum Gasteiger partial charge on any atom is -0.493 e. The summed E-state index contributed by atoms with van der Waals surface area (Å²) in [6.07, 6.45) is 0.717. The molecule has 0 saturated heterocycles. The number of ketones is 1. The number of hydrogen-bond acceptors (Lipinski definition) is 9. The Balaban J connectivity index is 2.27. The molecule has 0 bridgehead atoms. The van der Waals surface area contributed by atoms with Crippen LogP contribution in [0.1, 0.15) is 21.5 Å². The molecule has 1 heterocycles. The van der Waals surface area contributed by atoms with E-state index in [1.54, 1.807) is 6.07 Å². The summed E-state index contributed by atoms with van der Waals surface area (Å²) in [5, 5.41) is 12.9. The van der Waals surface area contributed by atoms with Gasteiger partial charge in [-0.1, -0.05) is 0 Å². The largest absolute Gasteiger partial charge is 0.493 e. The molecule has 31 heavy (non-hydrogen) atoms. The number of carbonyl (C=O) groups is 2. The van der Waals surface area contributed by atoms with Gasteiger partial charge in [0, 0.05) is 55.4 Å². The highest BCUT2D eigenvalue weighted by molar-refractivity contribution is 6.23. The standard InChI is InChI=1S/C22H25NO8/c1-23-8-7-11-9-14(27-2)18(28-3)17-15(11)13(23)10-12-16(17)19(24)22(30-5,31-6)21(12,26)20(25)29-4/h9-10,26H,7-8H2,1-6H3/t21-/m1/s1. The molecule has 1 N–H and O–H groups in total. The topological polar surface area (TPSA) is 104 Å². The molecule has 1 aliphatic heterocycles. The molecule has 0 unspecified atom stereocenters. The highest BCUT2D eigenvalue weighted by atomic mass is 16.7. The lowest BCUT2D eigenvalue weighted by molar-refractivity contribution is -0.267. The monoisotopic (exact) mass is 431 g/mol. The normalized spacial score (nSPS) is 21.3. The van der Waals surface area contributed by atoms with Crippen LogP contribution >= 0.6 is 0 Å². The summed E-state index contributed by atoms with van der Waals surface area (Å²) in [5.41, 5.74) is -0.738. The third-order valence-corrected chi connectivity index (χ3v) is 6.38. The Bertz CT molecular complexity index is 1110. The van der Waals surface area contributed by atoms with Gasteiger partial charge in [0.25, 0.3) is 11.4 Å². The molecule has 0 fully saturated rings. The summed E-state index contributed by atoms with van der Waals surface area (Å²) < 4.78 is 26.9. The third kappa shape index (κ3) is 2.36. The van der Waals surface area contributed by atoms with E-state index >= 15 is 0 Å². The Morgan fingerprint density at radius 1 is 1.06 bits per heavy atom. The van der Waals surface area contributed by atoms with Crippen molar-refractivity contribution in [3.63, 3.8) is 0 Å². The number of rotatable bonds is 5. The van der Waals surface area contributed by atoms with Crippen molar-refractivity contribution in [3.05, 3.63) is 28.8 Å². The molecule has 9 nitrogen and oxygen atoms in total. The number of likely N-dealkylation sites (N-methyl/N-ethyl adjacent to an activating group) is 1. The number of ether oxygens (including phenoxy) is 5. The first-order valence-electron chi connectivity index (χ1n) is 9.69. The minimum atomic E-state index is -2.53. The molecule has 1 atom stereocenters. The highest BCUT2D eigenvalue weighted by Crippen LogP contribution is 2.55. The van der Waals surface area contributed by atoms with Crippen molar-refractivity contribution in [2.24, 2.45) is 0 Å². The van der Waals surface area contributed by atoms with E-state index in [2.05, 4.69) is 0 Å². The number of methoxy groups -OCH3 is 5. The molecular formula is C22H25NO8. The number of aliphatic hydroxyl groups is 1. The fraction of sp³-hybridized carbons (Fsp3) is 0.455. The van der Waals surface area contributed by atoms with E-state index in [1.165, 1.54) is 28.4 Å². The molecule has 2 aromatic rings. The maximum Gasteiger partial charge on any atom is 0.348 e.